The summed E-state index contributed by atoms with van der Waals surface area (Å²) >= 11 is 0. The Labute approximate surface area is 455 Å². The summed E-state index contributed by atoms with van der Waals surface area (Å²) in [4.78, 5) is 77.6. The number of carboxylic acids is 2. The van der Waals surface area contributed by atoms with E-state index in [1.54, 1.807) is 53.4 Å². The van der Waals surface area contributed by atoms with Crippen molar-refractivity contribution in [1.82, 2.24) is 10.6 Å². The molecule has 0 spiro atoms. The first kappa shape index (κ1) is 55.8. The van der Waals surface area contributed by atoms with Crippen LogP contribution in [0.1, 0.15) is 88.1 Å². The third kappa shape index (κ3) is 12.3. The lowest BCUT2D eigenvalue weighted by Crippen LogP contribution is -2.61. The molecule has 2 saturated heterocycles. The van der Waals surface area contributed by atoms with Gasteiger partial charge in [0, 0.05) is 58.4 Å². The fraction of sp³-hybridized carbons (Fsp3) is 0.267. The smallest absolute Gasteiger partial charge is 0.336 e. The minimum Gasteiger partial charge on any atom is -0.508 e. The van der Waals surface area contributed by atoms with E-state index in [4.69, 9.17) is 13.9 Å². The van der Waals surface area contributed by atoms with E-state index in [1.165, 1.54) is 78.9 Å². The van der Waals surface area contributed by atoms with Gasteiger partial charge in [0.15, 0.2) is 11.5 Å². The van der Waals surface area contributed by atoms with Crippen molar-refractivity contribution < 1.29 is 78.0 Å². The number of halogens is 1. The predicted octanol–water partition coefficient (Wildman–Crippen LogP) is 6.05. The van der Waals surface area contributed by atoms with Crippen LogP contribution in [0.2, 0.25) is 0 Å². The number of carbonyl (C=O) groups is 5. The number of carbonyl (C=O) groups excluding carboxylic acids is 3. The second kappa shape index (κ2) is 24.4. The molecule has 8 atom stereocenters. The Morgan fingerprint density at radius 2 is 1.51 bits per heavy atom. The van der Waals surface area contributed by atoms with E-state index in [9.17, 15) is 68.9 Å². The molecule has 1 unspecified atom stereocenters. The second-order valence-corrected chi connectivity index (χ2v) is 19.4. The Morgan fingerprint density at radius 3 is 2.24 bits per heavy atom. The molecule has 3 aliphatic heterocycles. The molecule has 3 amide bonds. The van der Waals surface area contributed by atoms with Gasteiger partial charge in [-0.3, -0.25) is 19.2 Å². The molecule has 0 radical (unpaired) electrons. The summed E-state index contributed by atoms with van der Waals surface area (Å²) in [6, 6.07) is 31.1. The molecule has 0 aromatic heterocycles. The minimum atomic E-state index is -1.89. The Kier molecular flexibility index (Phi) is 17.0. The number of nitrogens with zero attached hydrogens (tertiary/aromatic N) is 1. The number of aromatic hydroxyl groups is 1. The molecule has 20 heteroatoms. The first-order valence-electron chi connectivity index (χ1n) is 25.6. The Hall–Kier alpha value is -8.97. The molecule has 19 nitrogen and oxygen atoms in total. The van der Waals surface area contributed by atoms with Crippen LogP contribution in [0.25, 0.3) is 33.4 Å². The Balaban J connectivity index is 0.758. The number of phenols is 1. The van der Waals surface area contributed by atoms with Crippen molar-refractivity contribution in [3.05, 3.63) is 171 Å². The number of aromatic carboxylic acids is 1. The third-order valence-electron chi connectivity index (χ3n) is 14.1. The first-order valence-corrected chi connectivity index (χ1v) is 25.6. The second-order valence-electron chi connectivity index (χ2n) is 19.4. The fourth-order valence-corrected chi connectivity index (χ4v) is 9.92. The highest BCUT2D eigenvalue weighted by Crippen LogP contribution is 2.47. The molecule has 2 fully saturated rings. The molecule has 80 heavy (non-hydrogen) atoms. The Bertz CT molecular complexity index is 3540. The number of anilines is 1. The highest BCUT2D eigenvalue weighted by molar-refractivity contribution is 6.09. The largest absolute Gasteiger partial charge is 0.508 e. The molecule has 5 aromatic rings. The monoisotopic (exact) mass is 1090 g/mol. The van der Waals surface area contributed by atoms with Gasteiger partial charge in [0.05, 0.1) is 30.2 Å². The molecule has 0 bridgehead atoms. The molecule has 1 aliphatic carbocycles. The van der Waals surface area contributed by atoms with Gasteiger partial charge >= 0.3 is 11.9 Å². The van der Waals surface area contributed by atoms with Crippen LogP contribution < -0.4 is 25.7 Å². The van der Waals surface area contributed by atoms with Crippen LogP contribution in [0, 0.1) is 23.6 Å². The van der Waals surface area contributed by atoms with Gasteiger partial charge in [-0.15, -0.1) is 0 Å². The fourth-order valence-electron chi connectivity index (χ4n) is 9.92. The van der Waals surface area contributed by atoms with Gasteiger partial charge in [-0.05, 0) is 127 Å². The van der Waals surface area contributed by atoms with E-state index in [2.05, 4.69) is 22.5 Å². The van der Waals surface area contributed by atoms with Crippen molar-refractivity contribution in [2.24, 2.45) is 5.92 Å². The van der Waals surface area contributed by atoms with Gasteiger partial charge in [0.2, 0.25) is 18.1 Å². The van der Waals surface area contributed by atoms with Gasteiger partial charge in [0.25, 0.3) is 5.91 Å². The maximum atomic E-state index is 13.9. The van der Waals surface area contributed by atoms with Gasteiger partial charge in [-0.2, -0.15) is 0 Å². The number of amides is 3. The average molecular weight is 1090 g/mol. The highest BCUT2D eigenvalue weighted by atomic mass is 19.1. The summed E-state index contributed by atoms with van der Waals surface area (Å²) in [5.74, 6) is 1.38. The number of hydrogen-bond donors (Lipinski definition) is 9. The van der Waals surface area contributed by atoms with Gasteiger partial charge in [-0.1, -0.05) is 48.6 Å². The van der Waals surface area contributed by atoms with Crippen LogP contribution in [0.5, 0.6) is 11.5 Å². The summed E-state index contributed by atoms with van der Waals surface area (Å²) in [6.07, 6.45) is -7.62. The van der Waals surface area contributed by atoms with E-state index in [1.807, 2.05) is 0 Å². The van der Waals surface area contributed by atoms with Crippen molar-refractivity contribution in [2.45, 2.75) is 81.4 Å². The zero-order valence-corrected chi connectivity index (χ0v) is 42.5. The maximum Gasteiger partial charge on any atom is 0.336 e. The number of benzene rings is 6. The van der Waals surface area contributed by atoms with E-state index in [0.29, 0.717) is 58.2 Å². The zero-order valence-electron chi connectivity index (χ0n) is 42.5. The molecular formula is C60H54FN3O16. The molecule has 9 N–H and O–H groups in total. The molecule has 5 aromatic carbocycles. The number of fused-ring (bicyclic) bond motifs is 2. The quantitative estimate of drug-likeness (QED) is 0.0193. The zero-order chi connectivity index (χ0) is 56.8. The number of nitrogens with one attached hydrogen (secondary N) is 2. The van der Waals surface area contributed by atoms with E-state index < -0.39 is 72.4 Å². The molecular weight excluding hydrogens is 1040 g/mol. The highest BCUT2D eigenvalue weighted by Gasteiger charge is 2.50. The topological polar surface area (TPSA) is 303 Å². The van der Waals surface area contributed by atoms with Crippen molar-refractivity contribution in [3.8, 4) is 45.8 Å². The summed E-state index contributed by atoms with van der Waals surface area (Å²) in [6.45, 7) is 0.337. The van der Waals surface area contributed by atoms with E-state index in [0.717, 1.165) is 0 Å². The van der Waals surface area contributed by atoms with Gasteiger partial charge in [0.1, 0.15) is 47.0 Å². The molecule has 9 rings (SSSR count). The van der Waals surface area contributed by atoms with Crippen molar-refractivity contribution >= 4 is 46.3 Å². The number of β-lactam (4-membered cyclic amide) rings is 1. The van der Waals surface area contributed by atoms with Crippen molar-refractivity contribution in [3.63, 3.8) is 0 Å². The number of rotatable bonds is 19. The first-order chi connectivity index (χ1) is 38.4. The van der Waals surface area contributed by atoms with Crippen LogP contribution in [0.4, 0.5) is 10.1 Å². The molecule has 412 valence electrons. The normalized spacial score (nSPS) is 20.0. The lowest BCUT2D eigenvalue weighted by molar-refractivity contribution is -0.271. The number of aliphatic hydroxyl groups excluding tert-OH is 4. The van der Waals surface area contributed by atoms with Crippen LogP contribution in [0.3, 0.4) is 0 Å². The summed E-state index contributed by atoms with van der Waals surface area (Å²) in [5, 5.41) is 77.5. The third-order valence-corrected chi connectivity index (χ3v) is 14.1. The number of ether oxygens (including phenoxy) is 2. The SMILES string of the molecule is O=C(CCCCCNC(=O)c1ccc(-c2c3ccc(=O)cc-3oc3cc(O)ccc23)c(C(=O)O)c1)NCC#Cc1ccc(N2C(=O)[C@H](CC[C@H](O)c3ccc(F)cc3)[C@H]2c2ccc(OC3O[C@H](C(=O)O)[C@@H](O)[C@H](O)[C@H]3O)cc2)cc1. The van der Waals surface area contributed by atoms with Crippen LogP contribution in [-0.2, 0) is 19.1 Å². The van der Waals surface area contributed by atoms with Crippen LogP contribution >= 0.6 is 0 Å². The number of aliphatic hydroxyl groups is 4. The summed E-state index contributed by atoms with van der Waals surface area (Å²) in [5.41, 5.74) is 3.41. The predicted molar refractivity (Wildman–Crippen MR) is 286 cm³/mol. The molecule has 0 saturated carbocycles. The van der Waals surface area contributed by atoms with E-state index in [-0.39, 0.29) is 89.1 Å². The summed E-state index contributed by atoms with van der Waals surface area (Å²) < 4.78 is 30.4. The van der Waals surface area contributed by atoms with Crippen molar-refractivity contribution in [2.75, 3.05) is 18.0 Å². The van der Waals surface area contributed by atoms with Crippen molar-refractivity contribution in [1.29, 1.82) is 0 Å². The molecule has 3 heterocycles. The number of hydrogen-bond acceptors (Lipinski definition) is 14. The lowest BCUT2D eigenvalue weighted by atomic mass is 9.78. The average Bonchev–Trinajstić information content (AvgIpc) is 3.48. The van der Waals surface area contributed by atoms with Crippen LogP contribution in [-0.4, -0.2) is 109 Å². The minimum absolute atomic E-state index is 0.0663. The number of phenolic OH excluding ortho intramolecular Hbond substituents is 1. The number of carboxylic acid groups (broad SMARTS) is 2. The maximum absolute atomic E-state index is 13.9. The van der Waals surface area contributed by atoms with Gasteiger partial charge in [-0.25, -0.2) is 14.0 Å². The van der Waals surface area contributed by atoms with E-state index >= 15 is 0 Å². The summed E-state index contributed by atoms with van der Waals surface area (Å²) in [7, 11) is 0. The lowest BCUT2D eigenvalue weighted by Gasteiger charge is -2.48. The number of unbranched alkanes of at least 4 members (excludes halogenated alkanes) is 2. The standard InChI is InChI=1S/C60H54FN3O16/c61-36-14-9-33(10-15-36)46(67)26-25-44-51(34-11-20-40(21-12-34)78-60-54(71)52(69)53(70)55(80-60)59(76)77)64(57(44)73)37-16-7-32(8-17-37)5-4-28-62-49(68)6-2-1-3-27-63-56(72)35-13-22-41(45(29-35)58(74)75)50-42-23-18-38(65)30-47(42)79-48-31-39(66)19-24-43(48)50/h7-24,29-31,44,46,51-55,60,65,67,69-71H,1-3,6,25-28H2,(H,62,68)(H,63,72)(H,74,75)(H,76,77)/t44-,46+,51-,52+,53+,54-,55+,60?/m1/s1. The van der Waals surface area contributed by atoms with Crippen LogP contribution in [0.15, 0.2) is 137 Å². The number of aliphatic carboxylic acids is 1. The Morgan fingerprint density at radius 1 is 0.775 bits per heavy atom. The van der Waals surface area contributed by atoms with Gasteiger partial charge < -0.3 is 65.2 Å². The molecule has 4 aliphatic rings.